The van der Waals surface area contributed by atoms with E-state index < -0.39 is 0 Å². The summed E-state index contributed by atoms with van der Waals surface area (Å²) in [6, 6.07) is 33.2. The van der Waals surface area contributed by atoms with E-state index in [4.69, 9.17) is 0 Å². The van der Waals surface area contributed by atoms with E-state index in [9.17, 15) is 0 Å². The van der Waals surface area contributed by atoms with E-state index in [1.165, 1.54) is 32.6 Å². The third-order valence-electron chi connectivity index (χ3n) is 5.77. The van der Waals surface area contributed by atoms with Crippen LogP contribution in [-0.2, 0) is 25.9 Å². The third kappa shape index (κ3) is 5.21. The molecule has 0 amide bonds. The minimum absolute atomic E-state index is 0. The minimum atomic E-state index is -0.261. The van der Waals surface area contributed by atoms with E-state index in [2.05, 4.69) is 124 Å². The quantitative estimate of drug-likeness (QED) is 0.269. The summed E-state index contributed by atoms with van der Waals surface area (Å²) in [5, 5.41) is 0. The van der Waals surface area contributed by atoms with E-state index in [1.807, 2.05) is 0 Å². The topological polar surface area (TPSA) is 0 Å². The van der Waals surface area contributed by atoms with E-state index in [0.29, 0.717) is 0 Å². The zero-order valence-corrected chi connectivity index (χ0v) is 21.3. The van der Waals surface area contributed by atoms with Crippen LogP contribution in [-0.4, -0.2) is 0 Å². The van der Waals surface area contributed by atoms with Gasteiger partial charge in [-0.15, -0.1) is 0 Å². The van der Waals surface area contributed by atoms with Gasteiger partial charge >= 0.3 is 181 Å². The molecule has 3 aromatic carbocycles. The van der Waals surface area contributed by atoms with Crippen molar-refractivity contribution in [2.24, 2.45) is 0 Å². The minimum Gasteiger partial charge on any atom is -1.00 e. The fourth-order valence-electron chi connectivity index (χ4n) is 4.62. The second-order valence-corrected chi connectivity index (χ2v) is 8.22. The van der Waals surface area contributed by atoms with Crippen LogP contribution in [0.4, 0.5) is 0 Å². The van der Waals surface area contributed by atoms with Gasteiger partial charge in [0.25, 0.3) is 0 Å². The second-order valence-electron chi connectivity index (χ2n) is 7.38. The van der Waals surface area contributed by atoms with Crippen molar-refractivity contribution in [3.8, 4) is 0 Å². The monoisotopic (exact) mass is 502 g/mol. The Morgan fingerprint density at radius 3 is 1.42 bits per heavy atom. The predicted octanol–water partition coefficient (Wildman–Crippen LogP) is -2.04. The largest absolute Gasteiger partial charge is 1.00 e. The number of hydrogen-bond acceptors (Lipinski definition) is 0. The maximum Gasteiger partial charge on any atom is -1.00 e. The molecule has 31 heavy (non-hydrogen) atoms. The SMILES string of the molecule is CCCC1=C(C(c2ccccc2)(c2ccccc2)c2ccccc2)CC=[C]1[Ti+3].[Cl-].[Cl-].[Cl-]. The van der Waals surface area contributed by atoms with Crippen LogP contribution in [0.25, 0.3) is 0 Å². The van der Waals surface area contributed by atoms with Gasteiger partial charge in [0, 0.05) is 0 Å². The summed E-state index contributed by atoms with van der Waals surface area (Å²) in [5.41, 5.74) is 6.86. The average Bonchev–Trinajstić information content (AvgIpc) is 3.12. The molecule has 4 heteroatoms. The first-order valence-electron chi connectivity index (χ1n) is 10.1. The number of hydrogen-bond donors (Lipinski definition) is 0. The van der Waals surface area contributed by atoms with Crippen molar-refractivity contribution < 1.29 is 57.7 Å². The van der Waals surface area contributed by atoms with Crippen molar-refractivity contribution >= 4 is 0 Å². The molecule has 1 aliphatic carbocycles. The standard InChI is InChI=1S/C27H25.3ClH.Ti/c1-2-13-22-14-12-21-26(22)27(23-15-6-3-7-16-23,24-17-8-4-9-18-24)25-19-10-5-11-20-25;;;;/h3-12,15-20H,2,13,21H2,1H3;3*1H;/q;;;;+3/p-3. The van der Waals surface area contributed by atoms with Gasteiger partial charge in [-0.05, 0) is 0 Å². The maximum absolute atomic E-state index is 2.42. The van der Waals surface area contributed by atoms with E-state index in [0.717, 1.165) is 12.8 Å². The van der Waals surface area contributed by atoms with Gasteiger partial charge in [-0.2, -0.15) is 0 Å². The van der Waals surface area contributed by atoms with E-state index in [-0.39, 0.29) is 42.6 Å². The Bertz CT molecular complexity index is 900. The molecule has 0 radical (unpaired) electrons. The summed E-state index contributed by atoms with van der Waals surface area (Å²) in [4.78, 5) is 0. The van der Waals surface area contributed by atoms with Gasteiger partial charge in [0.05, 0.1) is 0 Å². The van der Waals surface area contributed by atoms with Crippen molar-refractivity contribution in [1.29, 1.82) is 0 Å². The molecular formula is C27H25Cl3Ti. The molecule has 0 unspecified atom stereocenters. The summed E-state index contributed by atoms with van der Waals surface area (Å²) in [6.07, 6.45) is 5.73. The smallest absolute Gasteiger partial charge is 1.00 e. The van der Waals surface area contributed by atoms with Gasteiger partial charge < -0.3 is 37.2 Å². The van der Waals surface area contributed by atoms with Crippen LogP contribution in [0.2, 0.25) is 0 Å². The summed E-state index contributed by atoms with van der Waals surface area (Å²) in [5.74, 6) is 0. The van der Waals surface area contributed by atoms with E-state index >= 15 is 0 Å². The molecule has 0 spiro atoms. The number of halogens is 3. The summed E-state index contributed by atoms with van der Waals surface area (Å²) in [6.45, 7) is 2.28. The molecule has 0 nitrogen and oxygen atoms in total. The van der Waals surface area contributed by atoms with Crippen LogP contribution < -0.4 is 37.2 Å². The third-order valence-corrected chi connectivity index (χ3v) is 6.56. The first kappa shape index (κ1) is 27.8. The van der Waals surface area contributed by atoms with Crippen molar-refractivity contribution in [1.82, 2.24) is 0 Å². The molecular weight excluding hydrogens is 479 g/mol. The molecule has 4 rings (SSSR count). The zero-order valence-electron chi connectivity index (χ0n) is 17.5. The Labute approximate surface area is 216 Å². The van der Waals surface area contributed by atoms with Gasteiger partial charge in [0.1, 0.15) is 0 Å². The zero-order chi connectivity index (χ0) is 19.4. The average molecular weight is 504 g/mol. The maximum atomic E-state index is 2.42. The summed E-state index contributed by atoms with van der Waals surface area (Å²) >= 11 is 2.28. The van der Waals surface area contributed by atoms with Crippen molar-refractivity contribution in [2.45, 2.75) is 31.6 Å². The van der Waals surface area contributed by atoms with Gasteiger partial charge in [-0.3, -0.25) is 0 Å². The molecule has 1 aliphatic rings. The molecule has 158 valence electrons. The van der Waals surface area contributed by atoms with Crippen LogP contribution in [0.15, 0.2) is 112 Å². The van der Waals surface area contributed by atoms with Crippen LogP contribution in [0.1, 0.15) is 42.9 Å². The van der Waals surface area contributed by atoms with Gasteiger partial charge in [0.2, 0.25) is 0 Å². The fourth-order valence-corrected chi connectivity index (χ4v) is 5.21. The Morgan fingerprint density at radius 2 is 1.06 bits per heavy atom. The summed E-state index contributed by atoms with van der Waals surface area (Å²) < 4.78 is 1.45. The molecule has 0 bridgehead atoms. The summed E-state index contributed by atoms with van der Waals surface area (Å²) in [7, 11) is 0. The molecule has 0 aliphatic heterocycles. The van der Waals surface area contributed by atoms with Gasteiger partial charge in [-0.25, -0.2) is 0 Å². The fraction of sp³-hybridized carbons (Fsp3) is 0.185. The van der Waals surface area contributed by atoms with Gasteiger partial charge in [0.15, 0.2) is 0 Å². The molecule has 0 atom stereocenters. The molecule has 0 saturated carbocycles. The Hall–Kier alpha value is -1.28. The molecule has 0 heterocycles. The van der Waals surface area contributed by atoms with Crippen LogP contribution in [0, 0.1) is 0 Å². The van der Waals surface area contributed by atoms with E-state index in [1.54, 1.807) is 5.57 Å². The normalized spacial score (nSPS) is 12.9. The first-order valence-corrected chi connectivity index (χ1v) is 10.9. The molecule has 3 aromatic rings. The van der Waals surface area contributed by atoms with Crippen LogP contribution >= 0.6 is 0 Å². The molecule has 0 fully saturated rings. The second kappa shape index (κ2) is 12.7. The molecule has 0 saturated heterocycles. The van der Waals surface area contributed by atoms with Crippen molar-refractivity contribution in [3.63, 3.8) is 0 Å². The van der Waals surface area contributed by atoms with Crippen molar-refractivity contribution in [3.05, 3.63) is 129 Å². The number of benzene rings is 3. The Balaban J connectivity index is 0.00000160. The number of rotatable bonds is 6. The van der Waals surface area contributed by atoms with Crippen LogP contribution in [0.5, 0.6) is 0 Å². The molecule has 0 aromatic heterocycles. The first-order chi connectivity index (χ1) is 13.8. The predicted molar refractivity (Wildman–Crippen MR) is 114 cm³/mol. The Kier molecular flexibility index (Phi) is 11.4. The van der Waals surface area contributed by atoms with Crippen molar-refractivity contribution in [2.75, 3.05) is 0 Å². The van der Waals surface area contributed by atoms with Gasteiger partial charge in [-0.1, -0.05) is 0 Å². The Morgan fingerprint density at radius 1 is 0.677 bits per heavy atom. The molecule has 0 N–H and O–H groups in total. The van der Waals surface area contributed by atoms with Crippen LogP contribution in [0.3, 0.4) is 0 Å². The number of allylic oxidation sites excluding steroid dienone is 4.